The fourth-order valence-electron chi connectivity index (χ4n) is 9.74. The first-order valence-electron chi connectivity index (χ1n) is 29.7. The van der Waals surface area contributed by atoms with Crippen molar-refractivity contribution >= 4 is 5.91 Å². The Balaban J connectivity index is 1.71. The standard InChI is InChI=1S/C59H109NO13/c1-3-5-7-9-11-13-15-16-17-18-19-20-21-22-23-24-25-26-27-28-29-30-31-32-33-34-36-38-40-42-48(63)47(60-51(64)43-41-39-37-35-14-12-10-8-6-4-2)46-70-58-56(69)54(67)57(50(45-62)72-58)73-59-55(68)53(66)52(65)49(44-61)71-59/h29-30,33-34,40,42,47-50,52-59,61-63,65-69H,3-28,31-32,35-39,41,43-46H2,1-2H3,(H,60,64)/b30-29+,34-33+,42-40+. The predicted octanol–water partition coefficient (Wildman–Crippen LogP) is 9.83. The van der Waals surface area contributed by atoms with Crippen LogP contribution in [-0.4, -0.2) is 140 Å². The Morgan fingerprint density at radius 3 is 1.34 bits per heavy atom. The summed E-state index contributed by atoms with van der Waals surface area (Å²) >= 11 is 0. The minimum absolute atomic E-state index is 0.255. The molecule has 73 heavy (non-hydrogen) atoms. The Labute approximate surface area is 442 Å². The molecule has 0 aromatic heterocycles. The molecular weight excluding hydrogens is 931 g/mol. The van der Waals surface area contributed by atoms with Crippen LogP contribution in [0.25, 0.3) is 0 Å². The number of nitrogens with one attached hydrogen (secondary N) is 1. The zero-order valence-corrected chi connectivity index (χ0v) is 45.9. The van der Waals surface area contributed by atoms with Gasteiger partial charge in [-0.1, -0.05) is 224 Å². The van der Waals surface area contributed by atoms with Crippen molar-refractivity contribution in [1.29, 1.82) is 0 Å². The zero-order chi connectivity index (χ0) is 53.2. The maximum absolute atomic E-state index is 13.1. The molecule has 1 amide bonds. The van der Waals surface area contributed by atoms with Gasteiger partial charge in [-0.2, -0.15) is 0 Å². The Kier molecular flexibility index (Phi) is 41.7. The van der Waals surface area contributed by atoms with E-state index >= 15 is 0 Å². The van der Waals surface area contributed by atoms with E-state index in [1.54, 1.807) is 6.08 Å². The van der Waals surface area contributed by atoms with E-state index in [0.717, 1.165) is 44.9 Å². The van der Waals surface area contributed by atoms with E-state index in [1.807, 2.05) is 6.08 Å². The van der Waals surface area contributed by atoms with Crippen LogP contribution < -0.4 is 5.32 Å². The molecule has 428 valence electrons. The highest BCUT2D eigenvalue weighted by Gasteiger charge is 2.51. The highest BCUT2D eigenvalue weighted by Crippen LogP contribution is 2.30. The molecule has 0 bridgehead atoms. The van der Waals surface area contributed by atoms with Gasteiger partial charge in [0.25, 0.3) is 0 Å². The highest BCUT2D eigenvalue weighted by molar-refractivity contribution is 5.76. The highest BCUT2D eigenvalue weighted by atomic mass is 16.7. The molecule has 0 spiro atoms. The zero-order valence-electron chi connectivity index (χ0n) is 45.9. The lowest BCUT2D eigenvalue weighted by Gasteiger charge is -2.46. The number of aliphatic hydroxyl groups is 8. The molecule has 2 saturated heterocycles. The normalized spacial score (nSPS) is 25.6. The lowest BCUT2D eigenvalue weighted by molar-refractivity contribution is -0.359. The van der Waals surface area contributed by atoms with Crippen LogP contribution in [0.5, 0.6) is 0 Å². The van der Waals surface area contributed by atoms with Crippen LogP contribution in [0, 0.1) is 0 Å². The summed E-state index contributed by atoms with van der Waals surface area (Å²) in [5, 5.41) is 86.8. The van der Waals surface area contributed by atoms with Gasteiger partial charge >= 0.3 is 0 Å². The summed E-state index contributed by atoms with van der Waals surface area (Å²) in [5.41, 5.74) is 0. The molecular formula is C59H109NO13. The summed E-state index contributed by atoms with van der Waals surface area (Å²) in [7, 11) is 0. The van der Waals surface area contributed by atoms with Crippen molar-refractivity contribution in [3.05, 3.63) is 36.5 Å². The minimum Gasteiger partial charge on any atom is -0.394 e. The predicted molar refractivity (Wildman–Crippen MR) is 291 cm³/mol. The van der Waals surface area contributed by atoms with E-state index in [0.29, 0.717) is 12.8 Å². The smallest absolute Gasteiger partial charge is 0.220 e. The fourth-order valence-corrected chi connectivity index (χ4v) is 9.74. The average molecular weight is 1040 g/mol. The second-order valence-corrected chi connectivity index (χ2v) is 21.1. The molecule has 9 N–H and O–H groups in total. The number of hydrogen-bond acceptors (Lipinski definition) is 13. The first-order valence-corrected chi connectivity index (χ1v) is 29.7. The molecule has 14 heteroatoms. The number of carbonyl (C=O) groups excluding carboxylic acids is 1. The lowest BCUT2D eigenvalue weighted by atomic mass is 9.97. The SMILES string of the molecule is CCCCCCCCCCCCCCCCCCCCC/C=C/CC/C=C/CC/C=C/C(O)C(COC1OC(CO)C(OC2OC(CO)C(O)C(O)C2O)C(O)C1O)NC(=O)CCCCCCCCCCCC. The van der Waals surface area contributed by atoms with Gasteiger partial charge in [0.1, 0.15) is 48.8 Å². The van der Waals surface area contributed by atoms with Crippen molar-refractivity contribution in [3.63, 3.8) is 0 Å². The third-order valence-corrected chi connectivity index (χ3v) is 14.6. The van der Waals surface area contributed by atoms with Crippen molar-refractivity contribution in [2.75, 3.05) is 19.8 Å². The fraction of sp³-hybridized carbons (Fsp3) is 0.881. The van der Waals surface area contributed by atoms with Crippen LogP contribution in [-0.2, 0) is 23.7 Å². The van der Waals surface area contributed by atoms with Crippen LogP contribution in [0.2, 0.25) is 0 Å². The van der Waals surface area contributed by atoms with Gasteiger partial charge in [0.15, 0.2) is 12.6 Å². The summed E-state index contributed by atoms with van der Waals surface area (Å²) in [6, 6.07) is -0.934. The van der Waals surface area contributed by atoms with E-state index in [4.69, 9.17) is 18.9 Å². The van der Waals surface area contributed by atoms with Gasteiger partial charge in [-0.15, -0.1) is 0 Å². The molecule has 0 radical (unpaired) electrons. The largest absolute Gasteiger partial charge is 0.394 e. The van der Waals surface area contributed by atoms with E-state index in [2.05, 4.69) is 43.5 Å². The van der Waals surface area contributed by atoms with Crippen LogP contribution in [0.15, 0.2) is 36.5 Å². The molecule has 2 rings (SSSR count). The summed E-state index contributed by atoms with van der Waals surface area (Å²) in [6.45, 7) is 2.76. The maximum Gasteiger partial charge on any atom is 0.220 e. The van der Waals surface area contributed by atoms with Crippen LogP contribution in [0.4, 0.5) is 0 Å². The average Bonchev–Trinajstić information content (AvgIpc) is 3.39. The van der Waals surface area contributed by atoms with Gasteiger partial charge in [-0.25, -0.2) is 0 Å². The second-order valence-electron chi connectivity index (χ2n) is 21.1. The second kappa shape index (κ2) is 45.3. The van der Waals surface area contributed by atoms with Crippen LogP contribution in [0.3, 0.4) is 0 Å². The van der Waals surface area contributed by atoms with E-state index in [-0.39, 0.29) is 18.9 Å². The third kappa shape index (κ3) is 31.3. The molecule has 2 heterocycles. The number of ether oxygens (including phenoxy) is 4. The number of amides is 1. The lowest BCUT2D eigenvalue weighted by Crippen LogP contribution is -2.65. The summed E-state index contributed by atoms with van der Waals surface area (Å²) < 4.78 is 22.7. The summed E-state index contributed by atoms with van der Waals surface area (Å²) in [4.78, 5) is 13.1. The van der Waals surface area contributed by atoms with E-state index < -0.39 is 86.8 Å². The van der Waals surface area contributed by atoms with Crippen molar-refractivity contribution in [3.8, 4) is 0 Å². The number of carbonyl (C=O) groups is 1. The van der Waals surface area contributed by atoms with Crippen LogP contribution in [0.1, 0.15) is 239 Å². The Bertz CT molecular complexity index is 1370. The van der Waals surface area contributed by atoms with Gasteiger partial charge < -0.3 is 65.1 Å². The molecule has 2 aliphatic heterocycles. The molecule has 14 nitrogen and oxygen atoms in total. The number of unbranched alkanes of at least 4 members (excludes halogenated alkanes) is 30. The van der Waals surface area contributed by atoms with Crippen molar-refractivity contribution in [2.45, 2.75) is 312 Å². The summed E-state index contributed by atoms with van der Waals surface area (Å²) in [5.74, 6) is -0.255. The molecule has 0 saturated carbocycles. The van der Waals surface area contributed by atoms with Gasteiger partial charge in [-0.05, 0) is 44.9 Å². The number of hydrogen-bond donors (Lipinski definition) is 9. The quantitative estimate of drug-likeness (QED) is 0.0205. The monoisotopic (exact) mass is 1040 g/mol. The van der Waals surface area contributed by atoms with Gasteiger partial charge in [0.05, 0.1) is 32.0 Å². The van der Waals surface area contributed by atoms with Crippen LogP contribution >= 0.6 is 0 Å². The minimum atomic E-state index is -1.79. The first kappa shape index (κ1) is 67.3. The van der Waals surface area contributed by atoms with E-state index in [9.17, 15) is 45.6 Å². The van der Waals surface area contributed by atoms with Crippen molar-refractivity contribution in [1.82, 2.24) is 5.32 Å². The molecule has 0 aliphatic carbocycles. The molecule has 2 aliphatic rings. The molecule has 0 aromatic rings. The van der Waals surface area contributed by atoms with Gasteiger partial charge in [0, 0.05) is 6.42 Å². The Morgan fingerprint density at radius 1 is 0.479 bits per heavy atom. The molecule has 0 aromatic carbocycles. The van der Waals surface area contributed by atoms with Gasteiger partial charge in [-0.3, -0.25) is 4.79 Å². The maximum atomic E-state index is 13.1. The third-order valence-electron chi connectivity index (χ3n) is 14.6. The molecule has 2 fully saturated rings. The van der Waals surface area contributed by atoms with Gasteiger partial charge in [0.2, 0.25) is 5.91 Å². The topological polar surface area (TPSA) is 228 Å². The number of allylic oxidation sites excluding steroid dienone is 5. The first-order chi connectivity index (χ1) is 35.6. The number of rotatable bonds is 47. The molecule has 12 unspecified atom stereocenters. The Morgan fingerprint density at radius 2 is 0.877 bits per heavy atom. The van der Waals surface area contributed by atoms with E-state index in [1.165, 1.54) is 161 Å². The Hall–Kier alpha value is -1.79. The van der Waals surface area contributed by atoms with Crippen molar-refractivity contribution < 1.29 is 64.6 Å². The summed E-state index contributed by atoms with van der Waals surface area (Å²) in [6.07, 6.45) is 37.9. The number of aliphatic hydroxyl groups excluding tert-OH is 8. The van der Waals surface area contributed by atoms with Crippen molar-refractivity contribution in [2.24, 2.45) is 0 Å². The molecule has 12 atom stereocenters.